The molecule has 1 nitrogen and oxygen atoms in total. The molecule has 1 atom stereocenters. The van der Waals surface area contributed by atoms with Crippen LogP contribution in [0.1, 0.15) is 34.6 Å². The van der Waals surface area contributed by atoms with Gasteiger partial charge in [0, 0.05) is 25.0 Å². The average molecular weight is 264 g/mol. The molecule has 0 aromatic rings. The second-order valence-corrected chi connectivity index (χ2v) is 5.91. The number of hydrogen-bond acceptors (Lipinski definition) is 1. The highest BCUT2D eigenvalue weighted by molar-refractivity contribution is 9.09. The summed E-state index contributed by atoms with van der Waals surface area (Å²) in [6.45, 7) is 15.2. The number of nitrogens with zero attached hydrogens (tertiary/aromatic N) is 1. The molecule has 0 aliphatic rings. The van der Waals surface area contributed by atoms with E-state index in [0.29, 0.717) is 0 Å². The predicted octanol–water partition coefficient (Wildman–Crippen LogP) is 3.63. The van der Waals surface area contributed by atoms with E-state index in [4.69, 9.17) is 0 Å². The number of halogens is 1. The zero-order chi connectivity index (χ0) is 11.1. The minimum Gasteiger partial charge on any atom is -0.303 e. The summed E-state index contributed by atoms with van der Waals surface area (Å²) >= 11 is 3.55. The second-order valence-electron chi connectivity index (χ2n) is 5.27. The van der Waals surface area contributed by atoms with Crippen molar-refractivity contribution in [1.82, 2.24) is 4.90 Å². The molecule has 0 bridgehead atoms. The van der Waals surface area contributed by atoms with Gasteiger partial charge in [-0.05, 0) is 17.8 Å². The Hall–Kier alpha value is 0.440. The lowest BCUT2D eigenvalue weighted by molar-refractivity contribution is 0.199. The molecule has 2 heteroatoms. The van der Waals surface area contributed by atoms with Crippen molar-refractivity contribution in [3.8, 4) is 0 Å². The summed E-state index contributed by atoms with van der Waals surface area (Å²) in [5.74, 6) is 2.31. The van der Waals surface area contributed by atoms with Crippen LogP contribution in [0.2, 0.25) is 0 Å². The van der Waals surface area contributed by atoms with Crippen LogP contribution in [0, 0.1) is 17.8 Å². The lowest BCUT2D eigenvalue weighted by Crippen LogP contribution is -2.35. The lowest BCUT2D eigenvalue weighted by atomic mass is 10.1. The van der Waals surface area contributed by atoms with Crippen LogP contribution in [-0.4, -0.2) is 29.9 Å². The quantitative estimate of drug-likeness (QED) is 0.635. The van der Waals surface area contributed by atoms with Gasteiger partial charge in [-0.3, -0.25) is 0 Å². The molecule has 0 saturated carbocycles. The van der Waals surface area contributed by atoms with Gasteiger partial charge >= 0.3 is 0 Å². The summed E-state index contributed by atoms with van der Waals surface area (Å²) < 4.78 is 0. The number of rotatable bonds is 7. The zero-order valence-electron chi connectivity index (χ0n) is 10.4. The Kier molecular flexibility index (Phi) is 7.94. The molecule has 0 fully saturated rings. The van der Waals surface area contributed by atoms with E-state index in [0.717, 1.165) is 23.1 Å². The molecule has 0 spiro atoms. The summed E-state index contributed by atoms with van der Waals surface area (Å²) in [5, 5.41) is 1.11. The van der Waals surface area contributed by atoms with E-state index in [1.807, 2.05) is 0 Å². The highest BCUT2D eigenvalue weighted by Gasteiger charge is 2.12. The van der Waals surface area contributed by atoms with Crippen molar-refractivity contribution in [2.75, 3.05) is 25.0 Å². The maximum absolute atomic E-state index is 3.55. The van der Waals surface area contributed by atoms with E-state index in [2.05, 4.69) is 55.4 Å². The van der Waals surface area contributed by atoms with Gasteiger partial charge in [-0.15, -0.1) is 0 Å². The summed E-state index contributed by atoms with van der Waals surface area (Å²) in [4.78, 5) is 2.60. The molecule has 0 N–H and O–H groups in total. The van der Waals surface area contributed by atoms with Crippen molar-refractivity contribution in [2.45, 2.75) is 34.6 Å². The third-order valence-electron chi connectivity index (χ3n) is 2.08. The fourth-order valence-corrected chi connectivity index (χ4v) is 1.95. The first-order valence-corrected chi connectivity index (χ1v) is 6.86. The van der Waals surface area contributed by atoms with E-state index in [9.17, 15) is 0 Å². The standard InChI is InChI=1S/C12H26BrN/c1-10(2)7-14(8-11(3)4)9-12(5)6-13/h10-12H,6-9H2,1-5H3. The van der Waals surface area contributed by atoms with Gasteiger partial charge in [0.2, 0.25) is 0 Å². The summed E-state index contributed by atoms with van der Waals surface area (Å²) in [5.41, 5.74) is 0. The van der Waals surface area contributed by atoms with Gasteiger partial charge in [0.15, 0.2) is 0 Å². The third-order valence-corrected chi connectivity index (χ3v) is 3.19. The molecule has 0 aliphatic heterocycles. The van der Waals surface area contributed by atoms with Crippen LogP contribution in [0.15, 0.2) is 0 Å². The normalized spacial score (nSPS) is 14.4. The van der Waals surface area contributed by atoms with Crippen LogP contribution in [0.3, 0.4) is 0 Å². The average Bonchev–Trinajstić information content (AvgIpc) is 2.01. The summed E-state index contributed by atoms with van der Waals surface area (Å²) in [7, 11) is 0. The monoisotopic (exact) mass is 263 g/mol. The van der Waals surface area contributed by atoms with Crippen molar-refractivity contribution in [3.05, 3.63) is 0 Å². The Morgan fingerprint density at radius 1 is 0.857 bits per heavy atom. The molecule has 0 saturated heterocycles. The first-order valence-electron chi connectivity index (χ1n) is 5.74. The van der Waals surface area contributed by atoms with Gasteiger partial charge < -0.3 is 4.90 Å². The highest BCUT2D eigenvalue weighted by Crippen LogP contribution is 2.09. The molecule has 86 valence electrons. The summed E-state index contributed by atoms with van der Waals surface area (Å²) in [6.07, 6.45) is 0. The SMILES string of the molecule is CC(C)CN(CC(C)C)CC(C)CBr. The Labute approximate surface area is 98.4 Å². The van der Waals surface area contributed by atoms with E-state index in [-0.39, 0.29) is 0 Å². The molecule has 0 heterocycles. The molecule has 0 rings (SSSR count). The van der Waals surface area contributed by atoms with Crippen molar-refractivity contribution in [1.29, 1.82) is 0 Å². The zero-order valence-corrected chi connectivity index (χ0v) is 12.0. The first-order chi connectivity index (χ1) is 6.45. The molecular weight excluding hydrogens is 238 g/mol. The third kappa shape index (κ3) is 7.81. The van der Waals surface area contributed by atoms with Crippen molar-refractivity contribution in [3.63, 3.8) is 0 Å². The smallest absolute Gasteiger partial charge is 0.00692 e. The molecule has 1 unspecified atom stereocenters. The minimum atomic E-state index is 0.757. The van der Waals surface area contributed by atoms with Crippen LogP contribution < -0.4 is 0 Å². The van der Waals surface area contributed by atoms with Crippen LogP contribution in [0.5, 0.6) is 0 Å². The maximum Gasteiger partial charge on any atom is 0.00692 e. The summed E-state index contributed by atoms with van der Waals surface area (Å²) in [6, 6.07) is 0. The van der Waals surface area contributed by atoms with E-state index in [1.54, 1.807) is 0 Å². The Morgan fingerprint density at radius 2 is 1.29 bits per heavy atom. The minimum absolute atomic E-state index is 0.757. The first kappa shape index (κ1) is 14.4. The molecular formula is C12H26BrN. The van der Waals surface area contributed by atoms with Crippen LogP contribution in [0.25, 0.3) is 0 Å². The molecule has 0 amide bonds. The molecule has 0 aromatic heterocycles. The fourth-order valence-electron chi connectivity index (χ4n) is 1.75. The van der Waals surface area contributed by atoms with Gasteiger partial charge in [-0.2, -0.15) is 0 Å². The topological polar surface area (TPSA) is 3.24 Å². The van der Waals surface area contributed by atoms with E-state index in [1.165, 1.54) is 19.6 Å². The Bertz CT molecular complexity index is 124. The largest absolute Gasteiger partial charge is 0.303 e. The Balaban J connectivity index is 3.96. The number of hydrogen-bond donors (Lipinski definition) is 0. The van der Waals surface area contributed by atoms with E-state index < -0.39 is 0 Å². The fraction of sp³-hybridized carbons (Fsp3) is 1.00. The van der Waals surface area contributed by atoms with Crippen LogP contribution in [0.4, 0.5) is 0 Å². The van der Waals surface area contributed by atoms with Gasteiger partial charge in [-0.1, -0.05) is 50.5 Å². The molecule has 0 aliphatic carbocycles. The molecule has 14 heavy (non-hydrogen) atoms. The van der Waals surface area contributed by atoms with Crippen LogP contribution in [-0.2, 0) is 0 Å². The van der Waals surface area contributed by atoms with Gasteiger partial charge in [0.1, 0.15) is 0 Å². The van der Waals surface area contributed by atoms with Crippen molar-refractivity contribution < 1.29 is 0 Å². The van der Waals surface area contributed by atoms with Crippen molar-refractivity contribution in [2.24, 2.45) is 17.8 Å². The van der Waals surface area contributed by atoms with Gasteiger partial charge in [0.05, 0.1) is 0 Å². The lowest BCUT2D eigenvalue weighted by Gasteiger charge is -2.28. The van der Waals surface area contributed by atoms with Gasteiger partial charge in [-0.25, -0.2) is 0 Å². The second kappa shape index (κ2) is 7.70. The van der Waals surface area contributed by atoms with Crippen molar-refractivity contribution >= 4 is 15.9 Å². The maximum atomic E-state index is 3.55. The highest BCUT2D eigenvalue weighted by atomic mass is 79.9. The van der Waals surface area contributed by atoms with E-state index >= 15 is 0 Å². The molecule has 0 aromatic carbocycles. The predicted molar refractivity (Wildman–Crippen MR) is 69.1 cm³/mol. The van der Waals surface area contributed by atoms with Crippen LogP contribution >= 0.6 is 15.9 Å². The molecule has 0 radical (unpaired) electrons. The van der Waals surface area contributed by atoms with Gasteiger partial charge in [0.25, 0.3) is 0 Å². The number of alkyl halides is 1. The Morgan fingerprint density at radius 3 is 1.57 bits per heavy atom.